The lowest BCUT2D eigenvalue weighted by Gasteiger charge is -2.30. The van der Waals surface area contributed by atoms with Crippen molar-refractivity contribution in [1.82, 2.24) is 4.90 Å². The van der Waals surface area contributed by atoms with Crippen LogP contribution in [0.1, 0.15) is 52.4 Å². The maximum absolute atomic E-state index is 6.39. The van der Waals surface area contributed by atoms with Crippen LogP contribution in [-0.2, 0) is 0 Å². The fraction of sp³-hybridized carbons (Fsp3) is 1.00. The summed E-state index contributed by atoms with van der Waals surface area (Å²) in [4.78, 5) is 2.67. The van der Waals surface area contributed by atoms with Gasteiger partial charge >= 0.3 is 0 Å². The lowest BCUT2D eigenvalue weighted by molar-refractivity contribution is 0.210. The topological polar surface area (TPSA) is 29.3 Å². The maximum atomic E-state index is 6.39. The van der Waals surface area contributed by atoms with Gasteiger partial charge in [0.2, 0.25) is 0 Å². The van der Waals surface area contributed by atoms with E-state index in [0.717, 1.165) is 5.92 Å². The third-order valence-corrected chi connectivity index (χ3v) is 4.76. The Kier molecular flexibility index (Phi) is 3.91. The molecule has 0 aromatic rings. The number of nitrogens with zero attached hydrogens (tertiary/aromatic N) is 1. The van der Waals surface area contributed by atoms with Crippen molar-refractivity contribution in [2.45, 2.75) is 58.4 Å². The Hall–Kier alpha value is -0.0800. The van der Waals surface area contributed by atoms with E-state index in [9.17, 15) is 0 Å². The van der Waals surface area contributed by atoms with Crippen LogP contribution in [0.25, 0.3) is 0 Å². The molecule has 1 aliphatic heterocycles. The molecule has 1 saturated carbocycles. The molecular weight excluding hydrogens is 196 g/mol. The van der Waals surface area contributed by atoms with Crippen LogP contribution in [0, 0.1) is 11.3 Å². The van der Waals surface area contributed by atoms with Crippen molar-refractivity contribution in [3.63, 3.8) is 0 Å². The van der Waals surface area contributed by atoms with E-state index in [1.54, 1.807) is 0 Å². The van der Waals surface area contributed by atoms with E-state index in [1.807, 2.05) is 0 Å². The molecule has 0 spiro atoms. The number of hydrogen-bond donors (Lipinski definition) is 1. The largest absolute Gasteiger partial charge is 0.327 e. The summed E-state index contributed by atoms with van der Waals surface area (Å²) in [5, 5.41) is 0. The van der Waals surface area contributed by atoms with Crippen LogP contribution in [0.3, 0.4) is 0 Å². The minimum atomic E-state index is 0.372. The first-order valence-corrected chi connectivity index (χ1v) is 7.07. The van der Waals surface area contributed by atoms with Gasteiger partial charge in [0, 0.05) is 12.6 Å². The van der Waals surface area contributed by atoms with Crippen LogP contribution < -0.4 is 5.73 Å². The molecule has 2 N–H and O–H groups in total. The lowest BCUT2D eigenvalue weighted by atomic mass is 9.85. The Morgan fingerprint density at radius 3 is 2.25 bits per heavy atom. The quantitative estimate of drug-likeness (QED) is 0.781. The monoisotopic (exact) mass is 224 g/mol. The minimum Gasteiger partial charge on any atom is -0.327 e. The van der Waals surface area contributed by atoms with Crippen molar-refractivity contribution in [2.24, 2.45) is 17.1 Å². The predicted molar refractivity (Wildman–Crippen MR) is 69.4 cm³/mol. The number of nitrogens with two attached hydrogens (primary N) is 1. The number of hydrogen-bond acceptors (Lipinski definition) is 2. The van der Waals surface area contributed by atoms with Gasteiger partial charge < -0.3 is 10.6 Å². The third kappa shape index (κ3) is 2.78. The van der Waals surface area contributed by atoms with Crippen molar-refractivity contribution in [3.05, 3.63) is 0 Å². The van der Waals surface area contributed by atoms with Crippen molar-refractivity contribution in [3.8, 4) is 0 Å². The summed E-state index contributed by atoms with van der Waals surface area (Å²) in [7, 11) is 0. The molecule has 1 heterocycles. The van der Waals surface area contributed by atoms with Crippen LogP contribution in [-0.4, -0.2) is 30.6 Å². The maximum Gasteiger partial charge on any atom is 0.0131 e. The molecular formula is C14H28N2. The van der Waals surface area contributed by atoms with Crippen molar-refractivity contribution in [1.29, 1.82) is 0 Å². The first-order valence-electron chi connectivity index (χ1n) is 7.07. The molecule has 0 aromatic heterocycles. The van der Waals surface area contributed by atoms with Gasteiger partial charge in [-0.15, -0.1) is 0 Å². The smallest absolute Gasteiger partial charge is 0.0131 e. The zero-order chi connectivity index (χ0) is 11.6. The average Bonchev–Trinajstić information content (AvgIpc) is 2.50. The third-order valence-electron chi connectivity index (χ3n) is 4.76. The van der Waals surface area contributed by atoms with Crippen molar-refractivity contribution < 1.29 is 0 Å². The molecule has 1 aliphatic carbocycles. The zero-order valence-electron chi connectivity index (χ0n) is 11.0. The molecule has 2 unspecified atom stereocenters. The van der Waals surface area contributed by atoms with E-state index >= 15 is 0 Å². The predicted octanol–water partition coefficient (Wildman–Crippen LogP) is 2.63. The van der Waals surface area contributed by atoms with Crippen molar-refractivity contribution >= 4 is 0 Å². The van der Waals surface area contributed by atoms with Gasteiger partial charge in [-0.25, -0.2) is 0 Å². The molecule has 94 valence electrons. The Morgan fingerprint density at radius 1 is 1.12 bits per heavy atom. The molecule has 2 atom stereocenters. The molecule has 0 aromatic carbocycles. The summed E-state index contributed by atoms with van der Waals surface area (Å²) in [6.45, 7) is 8.54. The molecule has 2 nitrogen and oxygen atoms in total. The van der Waals surface area contributed by atoms with Gasteiger partial charge in [0.25, 0.3) is 0 Å². The Labute approximate surface area is 101 Å². The van der Waals surface area contributed by atoms with Gasteiger partial charge in [-0.2, -0.15) is 0 Å². The Balaban J connectivity index is 1.85. The van der Waals surface area contributed by atoms with Gasteiger partial charge in [0.15, 0.2) is 0 Å². The fourth-order valence-electron chi connectivity index (χ4n) is 3.40. The molecule has 2 heteroatoms. The summed E-state index contributed by atoms with van der Waals surface area (Å²) in [6.07, 6.45) is 8.30. The van der Waals surface area contributed by atoms with E-state index in [1.165, 1.54) is 58.2 Å². The number of rotatable bonds is 2. The van der Waals surface area contributed by atoms with E-state index in [4.69, 9.17) is 5.73 Å². The van der Waals surface area contributed by atoms with Crippen LogP contribution in [0.15, 0.2) is 0 Å². The van der Waals surface area contributed by atoms with Crippen molar-refractivity contribution in [2.75, 3.05) is 19.6 Å². The van der Waals surface area contributed by atoms with Crippen LogP contribution in [0.2, 0.25) is 0 Å². The first-order chi connectivity index (χ1) is 7.59. The summed E-state index contributed by atoms with van der Waals surface area (Å²) in [6, 6.07) is 0.413. The summed E-state index contributed by atoms with van der Waals surface area (Å²) < 4.78 is 0. The SMILES string of the molecule is CC1(C)CCC(CN2CCCCCC2)C1N. The average molecular weight is 224 g/mol. The summed E-state index contributed by atoms with van der Waals surface area (Å²) >= 11 is 0. The Morgan fingerprint density at radius 2 is 1.75 bits per heavy atom. The lowest BCUT2D eigenvalue weighted by Crippen LogP contribution is -2.42. The number of likely N-dealkylation sites (tertiary alicyclic amines) is 1. The standard InChI is InChI=1S/C14H28N2/c1-14(2)8-7-12(13(14)15)11-16-9-5-3-4-6-10-16/h12-13H,3-11,15H2,1-2H3. The van der Waals surface area contributed by atoms with E-state index in [2.05, 4.69) is 18.7 Å². The molecule has 0 bridgehead atoms. The second-order valence-corrected chi connectivity index (χ2v) is 6.53. The van der Waals surface area contributed by atoms with Gasteiger partial charge in [-0.3, -0.25) is 0 Å². The van der Waals surface area contributed by atoms with Crippen LogP contribution >= 0.6 is 0 Å². The Bertz CT molecular complexity index is 217. The van der Waals surface area contributed by atoms with Gasteiger partial charge in [0.1, 0.15) is 0 Å². The molecule has 0 amide bonds. The molecule has 16 heavy (non-hydrogen) atoms. The van der Waals surface area contributed by atoms with E-state index in [-0.39, 0.29) is 0 Å². The molecule has 2 rings (SSSR count). The first kappa shape index (κ1) is 12.4. The zero-order valence-corrected chi connectivity index (χ0v) is 11.0. The second kappa shape index (κ2) is 5.05. The fourth-order valence-corrected chi connectivity index (χ4v) is 3.40. The summed E-state index contributed by atoms with van der Waals surface area (Å²) in [5.74, 6) is 0.744. The van der Waals surface area contributed by atoms with Gasteiger partial charge in [0.05, 0.1) is 0 Å². The molecule has 2 fully saturated rings. The van der Waals surface area contributed by atoms with E-state index < -0.39 is 0 Å². The second-order valence-electron chi connectivity index (χ2n) is 6.53. The summed E-state index contributed by atoms with van der Waals surface area (Å²) in [5.41, 5.74) is 6.76. The minimum absolute atomic E-state index is 0.372. The molecule has 2 aliphatic rings. The van der Waals surface area contributed by atoms with Gasteiger partial charge in [-0.05, 0) is 50.1 Å². The van der Waals surface area contributed by atoms with Gasteiger partial charge in [-0.1, -0.05) is 26.7 Å². The van der Waals surface area contributed by atoms with E-state index in [0.29, 0.717) is 11.5 Å². The highest BCUT2D eigenvalue weighted by molar-refractivity contribution is 4.95. The highest BCUT2D eigenvalue weighted by Crippen LogP contribution is 2.40. The highest BCUT2D eigenvalue weighted by atomic mass is 15.1. The van der Waals surface area contributed by atoms with Crippen LogP contribution in [0.5, 0.6) is 0 Å². The highest BCUT2D eigenvalue weighted by Gasteiger charge is 2.39. The molecule has 0 radical (unpaired) electrons. The molecule has 1 saturated heterocycles. The van der Waals surface area contributed by atoms with Crippen LogP contribution in [0.4, 0.5) is 0 Å². The normalized spacial score (nSPS) is 36.2.